The quantitative estimate of drug-likeness (QED) is 0.469. The maximum absolute atomic E-state index is 11.8. The molecule has 0 atom stereocenters. The van der Waals surface area contributed by atoms with E-state index in [9.17, 15) is 9.59 Å². The van der Waals surface area contributed by atoms with Crippen molar-refractivity contribution in [1.29, 1.82) is 0 Å². The van der Waals surface area contributed by atoms with Crippen molar-refractivity contribution in [2.45, 2.75) is 32.1 Å². The molecule has 0 aliphatic carbocycles. The van der Waals surface area contributed by atoms with Crippen molar-refractivity contribution in [1.82, 2.24) is 0 Å². The maximum atomic E-state index is 11.8. The lowest BCUT2D eigenvalue weighted by Crippen LogP contribution is -2.09. The number of nitrogens with two attached hydrogens (primary N) is 1. The highest BCUT2D eigenvalue weighted by Gasteiger charge is 2.09. The molecule has 0 amide bonds. The fourth-order valence-electron chi connectivity index (χ4n) is 1.61. The van der Waals surface area contributed by atoms with Gasteiger partial charge in [-0.3, -0.25) is 9.59 Å². The van der Waals surface area contributed by atoms with Gasteiger partial charge < -0.3 is 4.84 Å². The van der Waals surface area contributed by atoms with Gasteiger partial charge in [-0.1, -0.05) is 30.2 Å². The van der Waals surface area contributed by atoms with Crippen molar-refractivity contribution in [3.8, 4) is 0 Å². The molecule has 0 aliphatic heterocycles. The van der Waals surface area contributed by atoms with Gasteiger partial charge in [0.25, 0.3) is 0 Å². The van der Waals surface area contributed by atoms with Crippen LogP contribution in [0.3, 0.4) is 0 Å². The molecule has 98 valence electrons. The van der Waals surface area contributed by atoms with Crippen LogP contribution in [0.2, 0.25) is 5.02 Å². The molecule has 1 aromatic carbocycles. The first kappa shape index (κ1) is 14.7. The lowest BCUT2D eigenvalue weighted by molar-refractivity contribution is -0.144. The van der Waals surface area contributed by atoms with Gasteiger partial charge in [0.2, 0.25) is 0 Å². The third-order valence-corrected chi connectivity index (χ3v) is 2.92. The van der Waals surface area contributed by atoms with E-state index in [0.717, 1.165) is 12.8 Å². The number of carbonyl (C=O) groups excluding carboxylic acids is 2. The van der Waals surface area contributed by atoms with Gasteiger partial charge in [0.05, 0.1) is 5.02 Å². The maximum Gasteiger partial charge on any atom is 0.324 e. The molecule has 0 spiro atoms. The predicted molar refractivity (Wildman–Crippen MR) is 69.1 cm³/mol. The second-order valence-electron chi connectivity index (χ2n) is 3.95. The van der Waals surface area contributed by atoms with E-state index in [1.165, 1.54) is 0 Å². The van der Waals surface area contributed by atoms with Crippen molar-refractivity contribution < 1.29 is 14.4 Å². The molecule has 18 heavy (non-hydrogen) atoms. The van der Waals surface area contributed by atoms with Crippen LogP contribution >= 0.6 is 11.6 Å². The largest absolute Gasteiger partial charge is 0.373 e. The Morgan fingerprint density at radius 2 is 1.78 bits per heavy atom. The third kappa shape index (κ3) is 4.85. The van der Waals surface area contributed by atoms with E-state index in [4.69, 9.17) is 17.5 Å². The highest BCUT2D eigenvalue weighted by molar-refractivity contribution is 6.33. The lowest BCUT2D eigenvalue weighted by atomic mass is 10.0. The molecule has 0 saturated heterocycles. The van der Waals surface area contributed by atoms with Gasteiger partial charge in [-0.05, 0) is 25.0 Å². The number of hydrogen-bond donors (Lipinski definition) is 1. The third-order valence-electron chi connectivity index (χ3n) is 2.59. The molecule has 0 fully saturated rings. The van der Waals surface area contributed by atoms with Gasteiger partial charge in [-0.2, -0.15) is 5.90 Å². The molecule has 0 aliphatic rings. The summed E-state index contributed by atoms with van der Waals surface area (Å²) in [6, 6.07) is 7.00. The summed E-state index contributed by atoms with van der Waals surface area (Å²) in [6.45, 7) is 0. The first-order valence-corrected chi connectivity index (χ1v) is 6.20. The van der Waals surface area contributed by atoms with E-state index in [0.29, 0.717) is 23.4 Å². The molecule has 1 rings (SSSR count). The van der Waals surface area contributed by atoms with Gasteiger partial charge in [0, 0.05) is 18.4 Å². The molecule has 0 bridgehead atoms. The van der Waals surface area contributed by atoms with Crippen LogP contribution in [-0.4, -0.2) is 11.8 Å². The van der Waals surface area contributed by atoms with Crippen LogP contribution in [0.25, 0.3) is 0 Å². The Morgan fingerprint density at radius 3 is 2.44 bits per heavy atom. The van der Waals surface area contributed by atoms with Crippen LogP contribution in [0.5, 0.6) is 0 Å². The van der Waals surface area contributed by atoms with Crippen LogP contribution < -0.4 is 5.90 Å². The highest BCUT2D eigenvalue weighted by atomic mass is 35.5. The van der Waals surface area contributed by atoms with E-state index < -0.39 is 5.97 Å². The monoisotopic (exact) mass is 269 g/mol. The van der Waals surface area contributed by atoms with Crippen molar-refractivity contribution in [2.75, 3.05) is 0 Å². The summed E-state index contributed by atoms with van der Waals surface area (Å²) >= 11 is 5.92. The normalized spacial score (nSPS) is 10.1. The Hall–Kier alpha value is -1.39. The molecule has 0 aromatic heterocycles. The van der Waals surface area contributed by atoms with Gasteiger partial charge >= 0.3 is 5.97 Å². The zero-order valence-corrected chi connectivity index (χ0v) is 10.8. The summed E-state index contributed by atoms with van der Waals surface area (Å²) in [5.74, 6) is 4.32. The Kier molecular flexibility index (Phi) is 6.39. The number of rotatable bonds is 7. The summed E-state index contributed by atoms with van der Waals surface area (Å²) in [7, 11) is 0. The first-order valence-electron chi connectivity index (χ1n) is 5.82. The summed E-state index contributed by atoms with van der Waals surface area (Å²) in [5, 5.41) is 0.481. The van der Waals surface area contributed by atoms with Crippen LogP contribution in [0.4, 0.5) is 0 Å². The van der Waals surface area contributed by atoms with E-state index in [2.05, 4.69) is 4.84 Å². The first-order chi connectivity index (χ1) is 8.65. The fourth-order valence-corrected chi connectivity index (χ4v) is 1.85. The average molecular weight is 270 g/mol. The molecular weight excluding hydrogens is 254 g/mol. The Bertz CT molecular complexity index is 420. The van der Waals surface area contributed by atoms with Crippen molar-refractivity contribution in [3.63, 3.8) is 0 Å². The van der Waals surface area contributed by atoms with Gasteiger partial charge in [-0.15, -0.1) is 0 Å². The van der Waals surface area contributed by atoms with E-state index >= 15 is 0 Å². The zero-order chi connectivity index (χ0) is 13.4. The molecule has 0 radical (unpaired) electrons. The van der Waals surface area contributed by atoms with Crippen molar-refractivity contribution in [2.24, 2.45) is 5.90 Å². The number of halogens is 1. The molecule has 5 heteroatoms. The van der Waals surface area contributed by atoms with Crippen LogP contribution in [0, 0.1) is 0 Å². The Morgan fingerprint density at radius 1 is 1.11 bits per heavy atom. The number of Topliss-reactive ketones (excluding diaryl/α,β-unsaturated/α-hetero) is 1. The Balaban J connectivity index is 2.26. The molecule has 1 aromatic rings. The fraction of sp³-hybridized carbons (Fsp3) is 0.385. The zero-order valence-electron chi connectivity index (χ0n) is 10.0. The summed E-state index contributed by atoms with van der Waals surface area (Å²) < 4.78 is 0. The topological polar surface area (TPSA) is 69.4 Å². The molecule has 0 saturated carbocycles. The van der Waals surface area contributed by atoms with Crippen LogP contribution in [0.15, 0.2) is 24.3 Å². The van der Waals surface area contributed by atoms with Crippen LogP contribution in [0.1, 0.15) is 42.5 Å². The molecule has 4 nitrogen and oxygen atoms in total. The molecular formula is C13H16ClNO3. The predicted octanol–water partition coefficient (Wildman–Crippen LogP) is 2.89. The van der Waals surface area contributed by atoms with E-state index in [1.807, 2.05) is 0 Å². The molecule has 2 N–H and O–H groups in total. The minimum absolute atomic E-state index is 0.0296. The highest BCUT2D eigenvalue weighted by Crippen LogP contribution is 2.18. The second kappa shape index (κ2) is 7.84. The van der Waals surface area contributed by atoms with Gasteiger partial charge in [-0.25, -0.2) is 0 Å². The summed E-state index contributed by atoms with van der Waals surface area (Å²) in [5.41, 5.74) is 0.556. The number of carbonyl (C=O) groups is 2. The number of ketones is 1. The van der Waals surface area contributed by atoms with E-state index in [-0.39, 0.29) is 12.2 Å². The SMILES string of the molecule is NOC(=O)CCCCCC(=O)c1ccccc1Cl. The van der Waals surface area contributed by atoms with Gasteiger partial charge in [0.15, 0.2) is 5.78 Å². The van der Waals surface area contributed by atoms with E-state index in [1.54, 1.807) is 24.3 Å². The van der Waals surface area contributed by atoms with Crippen molar-refractivity contribution >= 4 is 23.4 Å². The number of hydrogen-bond acceptors (Lipinski definition) is 4. The van der Waals surface area contributed by atoms with Crippen LogP contribution in [-0.2, 0) is 9.63 Å². The second-order valence-corrected chi connectivity index (χ2v) is 4.36. The average Bonchev–Trinajstić information content (AvgIpc) is 2.38. The number of unbranched alkanes of at least 4 members (excludes halogenated alkanes) is 2. The minimum atomic E-state index is -0.424. The standard InChI is InChI=1S/C13H16ClNO3/c14-11-7-5-4-6-10(11)12(16)8-2-1-3-9-13(17)18-15/h4-7H,1-3,8-9,15H2. The Labute approximate surface area is 111 Å². The molecule has 0 unspecified atom stereocenters. The summed E-state index contributed by atoms with van der Waals surface area (Å²) in [4.78, 5) is 26.6. The van der Waals surface area contributed by atoms with Gasteiger partial charge in [0.1, 0.15) is 0 Å². The molecule has 0 heterocycles. The smallest absolute Gasteiger partial charge is 0.324 e. The van der Waals surface area contributed by atoms with Crippen molar-refractivity contribution in [3.05, 3.63) is 34.9 Å². The number of benzene rings is 1. The minimum Gasteiger partial charge on any atom is -0.373 e. The summed E-state index contributed by atoms with van der Waals surface area (Å²) in [6.07, 6.45) is 2.90. The lowest BCUT2D eigenvalue weighted by Gasteiger charge is -2.03.